The van der Waals surface area contributed by atoms with Gasteiger partial charge in [-0.1, -0.05) is 18.7 Å². The third-order valence-electron chi connectivity index (χ3n) is 5.04. The predicted molar refractivity (Wildman–Crippen MR) is 106 cm³/mol. The molecule has 3 atom stereocenters. The molecular weight excluding hydrogens is 382 g/mol. The van der Waals surface area contributed by atoms with Gasteiger partial charge in [-0.3, -0.25) is 4.79 Å². The summed E-state index contributed by atoms with van der Waals surface area (Å²) in [6.45, 7) is 7.56. The summed E-state index contributed by atoms with van der Waals surface area (Å²) in [4.78, 5) is 16.8. The molecule has 2 aromatic rings. The number of morpholine rings is 1. The molecular formula is C19H25N3O3S2. The van der Waals surface area contributed by atoms with E-state index < -0.39 is 0 Å². The molecule has 0 bridgehead atoms. The molecule has 3 heterocycles. The molecule has 27 heavy (non-hydrogen) atoms. The van der Waals surface area contributed by atoms with Crippen molar-refractivity contribution in [3.05, 3.63) is 16.5 Å². The molecule has 0 saturated carbocycles. The number of rotatable bonds is 4. The fourth-order valence-corrected chi connectivity index (χ4v) is 5.57. The van der Waals surface area contributed by atoms with Crippen molar-refractivity contribution >= 4 is 29.0 Å². The first-order valence-corrected chi connectivity index (χ1v) is 11.3. The molecule has 0 aromatic carbocycles. The first-order valence-electron chi connectivity index (χ1n) is 9.49. The fourth-order valence-electron chi connectivity index (χ4n) is 3.78. The zero-order chi connectivity index (χ0) is 19.0. The highest BCUT2D eigenvalue weighted by Crippen LogP contribution is 2.37. The number of fused-ring (bicyclic) bond motifs is 1. The molecule has 1 aliphatic heterocycles. The van der Waals surface area contributed by atoms with Gasteiger partial charge in [0.15, 0.2) is 0 Å². The van der Waals surface area contributed by atoms with Crippen LogP contribution in [0.4, 0.5) is 0 Å². The van der Waals surface area contributed by atoms with E-state index in [4.69, 9.17) is 9.15 Å². The van der Waals surface area contributed by atoms with E-state index in [9.17, 15) is 4.79 Å². The quantitative estimate of drug-likeness (QED) is 0.721. The maximum absolute atomic E-state index is 12.5. The molecule has 1 saturated heterocycles. The van der Waals surface area contributed by atoms with E-state index >= 15 is 0 Å². The van der Waals surface area contributed by atoms with Gasteiger partial charge in [-0.2, -0.15) is 0 Å². The van der Waals surface area contributed by atoms with Crippen LogP contribution in [0.25, 0.3) is 10.8 Å². The third kappa shape index (κ3) is 4.38. The van der Waals surface area contributed by atoms with Gasteiger partial charge in [-0.05, 0) is 50.7 Å². The Bertz CT molecular complexity index is 809. The summed E-state index contributed by atoms with van der Waals surface area (Å²) < 4.78 is 11.5. The minimum absolute atomic E-state index is 0.0743. The second kappa shape index (κ2) is 7.93. The predicted octanol–water partition coefficient (Wildman–Crippen LogP) is 3.65. The van der Waals surface area contributed by atoms with E-state index in [0.29, 0.717) is 30.0 Å². The highest BCUT2D eigenvalue weighted by Gasteiger charge is 2.26. The normalized spacial score (nSPS) is 25.4. The van der Waals surface area contributed by atoms with Crippen LogP contribution in [0.3, 0.4) is 0 Å². The summed E-state index contributed by atoms with van der Waals surface area (Å²) in [7, 11) is 0. The van der Waals surface area contributed by atoms with Gasteiger partial charge < -0.3 is 14.1 Å². The van der Waals surface area contributed by atoms with Crippen molar-refractivity contribution in [2.45, 2.75) is 57.5 Å². The minimum atomic E-state index is 0.0743. The first-order chi connectivity index (χ1) is 13.0. The Morgan fingerprint density at radius 1 is 1.30 bits per heavy atom. The molecule has 1 aliphatic carbocycles. The molecule has 0 spiro atoms. The summed E-state index contributed by atoms with van der Waals surface area (Å²) in [5, 5.41) is 8.76. The second-order valence-electron chi connectivity index (χ2n) is 7.62. The van der Waals surface area contributed by atoms with Crippen LogP contribution in [-0.2, 0) is 22.4 Å². The molecule has 2 aliphatic rings. The van der Waals surface area contributed by atoms with Crippen molar-refractivity contribution in [1.82, 2.24) is 15.1 Å². The first kappa shape index (κ1) is 19.0. The lowest BCUT2D eigenvalue weighted by atomic mass is 9.90. The smallest absolute Gasteiger partial charge is 0.277 e. The van der Waals surface area contributed by atoms with Crippen LogP contribution >= 0.6 is 23.1 Å². The monoisotopic (exact) mass is 407 g/mol. The molecule has 0 unspecified atom stereocenters. The molecule has 1 fully saturated rings. The fraction of sp³-hybridized carbons (Fsp3) is 0.632. The Hall–Kier alpha value is -1.38. The Morgan fingerprint density at radius 2 is 2.07 bits per heavy atom. The molecule has 0 radical (unpaired) electrons. The highest BCUT2D eigenvalue weighted by atomic mass is 32.2. The number of carbonyl (C=O) groups excluding carboxylic acids is 1. The van der Waals surface area contributed by atoms with Gasteiger partial charge in [0.05, 0.1) is 22.8 Å². The van der Waals surface area contributed by atoms with Crippen LogP contribution in [0.1, 0.15) is 37.6 Å². The van der Waals surface area contributed by atoms with E-state index in [2.05, 4.69) is 23.2 Å². The molecule has 8 heteroatoms. The van der Waals surface area contributed by atoms with Crippen LogP contribution in [0.5, 0.6) is 0 Å². The number of aryl methyl sites for hydroxylation is 1. The zero-order valence-electron chi connectivity index (χ0n) is 15.9. The van der Waals surface area contributed by atoms with Gasteiger partial charge in [0.25, 0.3) is 11.1 Å². The number of ether oxygens (including phenoxy) is 1. The lowest BCUT2D eigenvalue weighted by Gasteiger charge is -2.35. The van der Waals surface area contributed by atoms with Gasteiger partial charge in [-0.15, -0.1) is 21.5 Å². The number of amides is 1. The van der Waals surface area contributed by atoms with Gasteiger partial charge in [0.2, 0.25) is 5.91 Å². The number of hydrogen-bond donors (Lipinski definition) is 0. The molecule has 1 amide bonds. The van der Waals surface area contributed by atoms with Gasteiger partial charge >= 0.3 is 0 Å². The second-order valence-corrected chi connectivity index (χ2v) is 9.69. The van der Waals surface area contributed by atoms with E-state index in [1.54, 1.807) is 11.3 Å². The van der Waals surface area contributed by atoms with Crippen LogP contribution in [0, 0.1) is 5.92 Å². The van der Waals surface area contributed by atoms with Crippen LogP contribution < -0.4 is 0 Å². The van der Waals surface area contributed by atoms with Crippen LogP contribution in [0.2, 0.25) is 0 Å². The maximum Gasteiger partial charge on any atom is 0.277 e. The number of nitrogens with zero attached hydrogens (tertiary/aromatic N) is 3. The Morgan fingerprint density at radius 3 is 2.85 bits per heavy atom. The van der Waals surface area contributed by atoms with Crippen LogP contribution in [0.15, 0.2) is 15.7 Å². The van der Waals surface area contributed by atoms with Gasteiger partial charge in [0.1, 0.15) is 0 Å². The van der Waals surface area contributed by atoms with E-state index in [-0.39, 0.29) is 18.1 Å². The van der Waals surface area contributed by atoms with E-state index in [0.717, 1.165) is 23.6 Å². The summed E-state index contributed by atoms with van der Waals surface area (Å²) in [5.41, 5.74) is 1.42. The number of hydrogen-bond acceptors (Lipinski definition) is 7. The van der Waals surface area contributed by atoms with Crippen LogP contribution in [-0.4, -0.2) is 52.1 Å². The largest absolute Gasteiger partial charge is 0.410 e. The lowest BCUT2D eigenvalue weighted by Crippen LogP contribution is -2.48. The van der Waals surface area contributed by atoms with Crippen molar-refractivity contribution in [2.24, 2.45) is 5.92 Å². The van der Waals surface area contributed by atoms with Crippen molar-refractivity contribution in [1.29, 1.82) is 0 Å². The van der Waals surface area contributed by atoms with Crippen molar-refractivity contribution in [3.63, 3.8) is 0 Å². The Balaban J connectivity index is 1.37. The molecule has 6 nitrogen and oxygen atoms in total. The Kier molecular flexibility index (Phi) is 5.57. The SMILES string of the molecule is C[C@H]1CCc2sc(-c3nnc(SCC(=O)N4C[C@@H](C)O[C@H](C)C4)o3)cc2C1. The highest BCUT2D eigenvalue weighted by molar-refractivity contribution is 7.99. The van der Waals surface area contributed by atoms with Crippen molar-refractivity contribution < 1.29 is 13.9 Å². The average molecular weight is 408 g/mol. The van der Waals surface area contributed by atoms with Gasteiger partial charge in [-0.25, -0.2) is 0 Å². The third-order valence-corrected chi connectivity index (χ3v) is 7.07. The Labute approximate surface area is 167 Å². The number of thiophene rings is 1. The number of carbonyl (C=O) groups is 1. The molecule has 2 aromatic heterocycles. The maximum atomic E-state index is 12.5. The number of thioether (sulfide) groups is 1. The van der Waals surface area contributed by atoms with Crippen molar-refractivity contribution in [3.8, 4) is 10.8 Å². The zero-order valence-corrected chi connectivity index (χ0v) is 17.6. The molecule has 0 N–H and O–H groups in total. The van der Waals surface area contributed by atoms with E-state index in [1.807, 2.05) is 18.7 Å². The van der Waals surface area contributed by atoms with Crippen molar-refractivity contribution in [2.75, 3.05) is 18.8 Å². The van der Waals surface area contributed by atoms with E-state index in [1.165, 1.54) is 28.6 Å². The standard InChI is InChI=1S/C19H25N3O3S2/c1-11-4-5-15-14(6-11)7-16(27-15)18-20-21-19(25-18)26-10-17(23)22-8-12(2)24-13(3)9-22/h7,11-13H,4-6,8-10H2,1-3H3/t11-,12+,13+/m0/s1. The average Bonchev–Trinajstić information content (AvgIpc) is 3.24. The molecule has 4 rings (SSSR count). The molecule has 146 valence electrons. The lowest BCUT2D eigenvalue weighted by molar-refractivity contribution is -0.140. The summed E-state index contributed by atoms with van der Waals surface area (Å²) in [5.74, 6) is 1.69. The summed E-state index contributed by atoms with van der Waals surface area (Å²) >= 11 is 3.06. The summed E-state index contributed by atoms with van der Waals surface area (Å²) in [6.07, 6.45) is 3.67. The minimum Gasteiger partial charge on any atom is -0.410 e. The topological polar surface area (TPSA) is 68.5 Å². The summed E-state index contributed by atoms with van der Waals surface area (Å²) in [6, 6.07) is 2.19. The number of aromatic nitrogens is 2. The van der Waals surface area contributed by atoms with Gasteiger partial charge in [0, 0.05) is 18.0 Å².